The van der Waals surface area contributed by atoms with Crippen molar-refractivity contribution in [3.63, 3.8) is 0 Å². The predicted octanol–water partition coefficient (Wildman–Crippen LogP) is 2.63. The molecule has 31 heavy (non-hydrogen) atoms. The second-order valence-corrected chi connectivity index (χ2v) is 6.61. The molecule has 0 aliphatic heterocycles. The normalized spacial score (nSPS) is 10.4. The third-order valence-electron chi connectivity index (χ3n) is 4.23. The third kappa shape index (κ3) is 4.51. The fraction of sp³-hybridized carbons (Fsp3) is 0.143. The van der Waals surface area contributed by atoms with E-state index in [9.17, 15) is 14.4 Å². The maximum atomic E-state index is 12.6. The van der Waals surface area contributed by atoms with Crippen molar-refractivity contribution in [3.05, 3.63) is 64.8 Å². The quantitative estimate of drug-likeness (QED) is 0.557. The van der Waals surface area contributed by atoms with Crippen molar-refractivity contribution in [2.75, 3.05) is 20.8 Å². The van der Waals surface area contributed by atoms with Gasteiger partial charge in [0.25, 0.3) is 5.91 Å². The van der Waals surface area contributed by atoms with Crippen LogP contribution in [0.5, 0.6) is 5.75 Å². The molecular formula is C21H18ClN3O6. The molecule has 2 aromatic carbocycles. The van der Waals surface area contributed by atoms with Crippen LogP contribution in [0.4, 0.5) is 0 Å². The molecule has 9 nitrogen and oxygen atoms in total. The van der Waals surface area contributed by atoms with E-state index in [1.807, 2.05) is 0 Å². The number of aromatic nitrogens is 2. The summed E-state index contributed by atoms with van der Waals surface area (Å²) in [5, 5.41) is 4.63. The first-order valence-corrected chi connectivity index (χ1v) is 9.31. The van der Waals surface area contributed by atoms with Gasteiger partial charge >= 0.3 is 11.9 Å². The van der Waals surface area contributed by atoms with Crippen molar-refractivity contribution in [1.82, 2.24) is 9.78 Å². The lowest BCUT2D eigenvalue weighted by atomic mass is 10.1. The number of hydrogen-bond donors (Lipinski definition) is 1. The van der Waals surface area contributed by atoms with Gasteiger partial charge in [-0.3, -0.25) is 4.79 Å². The Labute approximate surface area is 182 Å². The van der Waals surface area contributed by atoms with Crippen molar-refractivity contribution >= 4 is 29.4 Å². The van der Waals surface area contributed by atoms with Gasteiger partial charge in [0.05, 0.1) is 24.9 Å². The van der Waals surface area contributed by atoms with Gasteiger partial charge in [-0.25, -0.2) is 14.3 Å². The van der Waals surface area contributed by atoms with E-state index in [4.69, 9.17) is 31.5 Å². The van der Waals surface area contributed by atoms with Crippen molar-refractivity contribution in [2.24, 2.45) is 5.73 Å². The Bertz CT molecular complexity index is 1140. The summed E-state index contributed by atoms with van der Waals surface area (Å²) in [7, 11) is 2.40. The fourth-order valence-electron chi connectivity index (χ4n) is 2.87. The van der Waals surface area contributed by atoms with Crippen molar-refractivity contribution in [1.29, 1.82) is 0 Å². The molecule has 0 aliphatic rings. The van der Waals surface area contributed by atoms with Crippen LogP contribution in [-0.4, -0.2) is 48.5 Å². The minimum atomic E-state index is -0.775. The Morgan fingerprint density at radius 3 is 2.29 bits per heavy atom. The highest BCUT2D eigenvalue weighted by molar-refractivity contribution is 6.32. The molecule has 1 aromatic heterocycles. The first-order chi connectivity index (χ1) is 14.9. The number of hydrogen-bond acceptors (Lipinski definition) is 7. The lowest BCUT2D eigenvalue weighted by molar-refractivity contribution is -0.119. The standard InChI is InChI=1S/C21H18ClN3O6/c1-29-20(27)17-18(12-8-9-15(14(22)10-12)31-11-16(23)26)24-25(19(17)21(28)30-2)13-6-4-3-5-7-13/h3-10H,11H2,1-2H3,(H2,23,26). The number of esters is 2. The zero-order valence-corrected chi connectivity index (χ0v) is 17.4. The molecule has 0 aliphatic carbocycles. The Balaban J connectivity index is 2.21. The number of primary amides is 1. The minimum absolute atomic E-state index is 0.0833. The highest BCUT2D eigenvalue weighted by Gasteiger charge is 2.31. The Kier molecular flexibility index (Phi) is 6.56. The van der Waals surface area contributed by atoms with Gasteiger partial charge in [0.15, 0.2) is 12.3 Å². The van der Waals surface area contributed by atoms with Crippen LogP contribution in [-0.2, 0) is 14.3 Å². The van der Waals surface area contributed by atoms with E-state index in [0.29, 0.717) is 11.3 Å². The number of methoxy groups -OCH3 is 2. The molecule has 160 valence electrons. The average Bonchev–Trinajstić information content (AvgIpc) is 3.18. The summed E-state index contributed by atoms with van der Waals surface area (Å²) in [4.78, 5) is 36.2. The molecule has 2 N–H and O–H groups in total. The van der Waals surface area contributed by atoms with Crippen molar-refractivity contribution < 1.29 is 28.6 Å². The number of amides is 1. The van der Waals surface area contributed by atoms with Crippen LogP contribution < -0.4 is 10.5 Å². The zero-order valence-electron chi connectivity index (χ0n) is 16.6. The predicted molar refractivity (Wildman–Crippen MR) is 111 cm³/mol. The number of halogens is 1. The van der Waals surface area contributed by atoms with Crippen LogP contribution in [0.1, 0.15) is 20.8 Å². The van der Waals surface area contributed by atoms with Gasteiger partial charge in [-0.2, -0.15) is 5.10 Å². The molecule has 10 heteroatoms. The SMILES string of the molecule is COC(=O)c1c(-c2ccc(OCC(N)=O)c(Cl)c2)nn(-c2ccccc2)c1C(=O)OC. The topological polar surface area (TPSA) is 123 Å². The summed E-state index contributed by atoms with van der Waals surface area (Å²) in [5.41, 5.74) is 6.00. The monoisotopic (exact) mass is 443 g/mol. The lowest BCUT2D eigenvalue weighted by Crippen LogP contribution is -2.20. The maximum Gasteiger partial charge on any atom is 0.357 e. The maximum absolute atomic E-state index is 12.6. The first-order valence-electron chi connectivity index (χ1n) is 8.93. The number of carbonyl (C=O) groups excluding carboxylic acids is 3. The van der Waals surface area contributed by atoms with Crippen LogP contribution in [0.2, 0.25) is 5.02 Å². The number of carbonyl (C=O) groups is 3. The molecular weight excluding hydrogens is 426 g/mol. The second-order valence-electron chi connectivity index (χ2n) is 6.20. The zero-order chi connectivity index (χ0) is 22.5. The fourth-order valence-corrected chi connectivity index (χ4v) is 3.11. The van der Waals surface area contributed by atoms with Gasteiger partial charge in [0.1, 0.15) is 17.0 Å². The van der Waals surface area contributed by atoms with Gasteiger partial charge in [-0.15, -0.1) is 0 Å². The number of ether oxygens (including phenoxy) is 3. The Morgan fingerprint density at radius 1 is 1.03 bits per heavy atom. The van der Waals surface area contributed by atoms with Gasteiger partial charge < -0.3 is 19.9 Å². The minimum Gasteiger partial charge on any atom is -0.482 e. The van der Waals surface area contributed by atoms with Crippen LogP contribution in [0.15, 0.2) is 48.5 Å². The van der Waals surface area contributed by atoms with E-state index in [-0.39, 0.29) is 34.3 Å². The van der Waals surface area contributed by atoms with E-state index < -0.39 is 17.8 Å². The van der Waals surface area contributed by atoms with Crippen molar-refractivity contribution in [3.8, 4) is 22.7 Å². The Hall–Kier alpha value is -3.85. The van der Waals surface area contributed by atoms with Crippen LogP contribution in [0.25, 0.3) is 16.9 Å². The molecule has 0 bridgehead atoms. The first kappa shape index (κ1) is 21.8. The average molecular weight is 444 g/mol. The molecule has 0 spiro atoms. The van der Waals surface area contributed by atoms with Gasteiger partial charge in [0.2, 0.25) is 0 Å². The number of nitrogens with zero attached hydrogens (tertiary/aromatic N) is 2. The molecule has 0 atom stereocenters. The Morgan fingerprint density at radius 2 is 1.71 bits per heavy atom. The molecule has 0 saturated carbocycles. The molecule has 3 aromatic rings. The van der Waals surface area contributed by atoms with E-state index >= 15 is 0 Å². The van der Waals surface area contributed by atoms with E-state index in [1.165, 1.54) is 31.0 Å². The summed E-state index contributed by atoms with van der Waals surface area (Å²) in [6.07, 6.45) is 0. The van der Waals surface area contributed by atoms with Gasteiger partial charge in [-0.1, -0.05) is 29.8 Å². The summed E-state index contributed by atoms with van der Waals surface area (Å²) >= 11 is 6.26. The molecule has 1 amide bonds. The molecule has 0 radical (unpaired) electrons. The second kappa shape index (κ2) is 9.31. The molecule has 3 rings (SSSR count). The van der Waals surface area contributed by atoms with Crippen molar-refractivity contribution in [2.45, 2.75) is 0 Å². The molecule has 0 saturated heterocycles. The molecule has 0 fully saturated rings. The van der Waals surface area contributed by atoms with Gasteiger partial charge in [-0.05, 0) is 30.3 Å². The van der Waals surface area contributed by atoms with E-state index in [1.54, 1.807) is 36.4 Å². The van der Waals surface area contributed by atoms with Crippen LogP contribution in [0, 0.1) is 0 Å². The third-order valence-corrected chi connectivity index (χ3v) is 4.53. The van der Waals surface area contributed by atoms with E-state index in [0.717, 1.165) is 0 Å². The largest absolute Gasteiger partial charge is 0.482 e. The number of rotatable bonds is 7. The van der Waals surface area contributed by atoms with E-state index in [2.05, 4.69) is 5.10 Å². The number of para-hydroxylation sites is 1. The van der Waals surface area contributed by atoms with Crippen LogP contribution >= 0.6 is 11.6 Å². The smallest absolute Gasteiger partial charge is 0.357 e. The van der Waals surface area contributed by atoms with Gasteiger partial charge in [0, 0.05) is 5.56 Å². The van der Waals surface area contributed by atoms with Crippen LogP contribution in [0.3, 0.4) is 0 Å². The highest BCUT2D eigenvalue weighted by Crippen LogP contribution is 2.34. The lowest BCUT2D eigenvalue weighted by Gasteiger charge is -2.08. The molecule has 0 unspecified atom stereocenters. The highest BCUT2D eigenvalue weighted by atomic mass is 35.5. The molecule has 1 heterocycles. The number of nitrogens with two attached hydrogens (primary N) is 1. The summed E-state index contributed by atoms with van der Waals surface area (Å²) in [5.74, 6) is -1.98. The summed E-state index contributed by atoms with van der Waals surface area (Å²) in [6.45, 7) is -0.346. The summed E-state index contributed by atoms with van der Waals surface area (Å²) in [6, 6.07) is 13.3. The number of benzene rings is 2. The summed E-state index contributed by atoms with van der Waals surface area (Å²) < 4.78 is 16.3.